The Morgan fingerprint density at radius 2 is 1.71 bits per heavy atom. The highest BCUT2D eigenvalue weighted by molar-refractivity contribution is 5.98. The zero-order chi connectivity index (χ0) is 26.9. The maximum absolute atomic E-state index is 13.8. The molecule has 1 aromatic heterocycles. The number of benzene rings is 2. The molecule has 0 bridgehead atoms. The van der Waals surface area contributed by atoms with Gasteiger partial charge in [0.2, 0.25) is 0 Å². The topological polar surface area (TPSA) is 96.0 Å². The molecule has 10 heteroatoms. The Morgan fingerprint density at radius 3 is 2.45 bits per heavy atom. The fourth-order valence-electron chi connectivity index (χ4n) is 4.32. The van der Waals surface area contributed by atoms with E-state index in [2.05, 4.69) is 15.6 Å². The Morgan fingerprint density at radius 1 is 0.947 bits per heavy atom. The van der Waals surface area contributed by atoms with Crippen molar-refractivity contribution in [3.8, 4) is 11.5 Å². The van der Waals surface area contributed by atoms with Crippen LogP contribution in [0.3, 0.4) is 0 Å². The predicted molar refractivity (Wildman–Crippen MR) is 142 cm³/mol. The Hall–Kier alpha value is -4.34. The van der Waals surface area contributed by atoms with Crippen molar-refractivity contribution in [2.75, 3.05) is 51.8 Å². The highest BCUT2D eigenvalue weighted by atomic mass is 19.1. The van der Waals surface area contributed by atoms with Crippen LogP contribution in [0.2, 0.25) is 0 Å². The number of hydrogen-bond acceptors (Lipinski definition) is 6. The lowest BCUT2D eigenvalue weighted by Gasteiger charge is -2.36. The smallest absolute Gasteiger partial charge is 0.317 e. The first-order chi connectivity index (χ1) is 18.5. The minimum atomic E-state index is -0.345. The van der Waals surface area contributed by atoms with E-state index < -0.39 is 0 Å². The molecule has 0 saturated carbocycles. The Balaban J connectivity index is 1.30. The number of amides is 3. The van der Waals surface area contributed by atoms with Gasteiger partial charge in [0.25, 0.3) is 5.91 Å². The maximum atomic E-state index is 13.8. The van der Waals surface area contributed by atoms with Crippen molar-refractivity contribution in [1.82, 2.24) is 20.5 Å². The molecule has 1 fully saturated rings. The molecule has 1 aliphatic heterocycles. The van der Waals surface area contributed by atoms with Crippen LogP contribution in [0.25, 0.3) is 0 Å². The number of rotatable bonds is 9. The van der Waals surface area contributed by atoms with Crippen molar-refractivity contribution in [3.63, 3.8) is 0 Å². The van der Waals surface area contributed by atoms with Crippen LogP contribution in [0.15, 0.2) is 60.8 Å². The van der Waals surface area contributed by atoms with Crippen LogP contribution in [0.1, 0.15) is 21.5 Å². The third-order valence-corrected chi connectivity index (χ3v) is 6.43. The number of anilines is 1. The van der Waals surface area contributed by atoms with Crippen molar-refractivity contribution in [1.29, 1.82) is 0 Å². The van der Waals surface area contributed by atoms with Gasteiger partial charge in [0.05, 0.1) is 19.8 Å². The first kappa shape index (κ1) is 26.7. The molecule has 2 heterocycles. The van der Waals surface area contributed by atoms with Crippen LogP contribution in [0, 0.1) is 5.82 Å². The Bertz CT molecular complexity index is 1260. The number of aromatic nitrogens is 1. The quantitative estimate of drug-likeness (QED) is 0.449. The van der Waals surface area contributed by atoms with Crippen LogP contribution in [0.4, 0.5) is 15.0 Å². The minimum Gasteiger partial charge on any atom is -0.493 e. The van der Waals surface area contributed by atoms with E-state index in [-0.39, 0.29) is 24.3 Å². The second-order valence-corrected chi connectivity index (χ2v) is 8.79. The molecule has 3 amide bonds. The van der Waals surface area contributed by atoms with E-state index in [1.54, 1.807) is 55.6 Å². The normalized spacial score (nSPS) is 13.1. The van der Waals surface area contributed by atoms with Crippen molar-refractivity contribution in [2.45, 2.75) is 13.0 Å². The van der Waals surface area contributed by atoms with Gasteiger partial charge in [-0.05, 0) is 42.3 Å². The highest BCUT2D eigenvalue weighted by Crippen LogP contribution is 2.27. The highest BCUT2D eigenvalue weighted by Gasteiger charge is 2.25. The monoisotopic (exact) mass is 521 g/mol. The summed E-state index contributed by atoms with van der Waals surface area (Å²) in [6.45, 7) is 2.53. The molecule has 9 nitrogen and oxygen atoms in total. The molecule has 2 aromatic carbocycles. The van der Waals surface area contributed by atoms with Gasteiger partial charge in [-0.25, -0.2) is 14.2 Å². The SMILES string of the molecule is COc1ccc(CCNC(=O)c2cccnc2N2CCN(C(=O)NCc3ccccc3F)CC2)cc1OC. The number of urea groups is 1. The number of nitrogens with zero attached hydrogens (tertiary/aromatic N) is 3. The summed E-state index contributed by atoms with van der Waals surface area (Å²) in [4.78, 5) is 33.8. The molecular weight excluding hydrogens is 489 g/mol. The number of piperazine rings is 1. The average molecular weight is 522 g/mol. The summed E-state index contributed by atoms with van der Waals surface area (Å²) >= 11 is 0. The van der Waals surface area contributed by atoms with Gasteiger partial charge < -0.3 is 29.9 Å². The second kappa shape index (κ2) is 12.8. The lowest BCUT2D eigenvalue weighted by molar-refractivity contribution is 0.0954. The Kier molecular flexibility index (Phi) is 8.97. The molecule has 4 rings (SSSR count). The summed E-state index contributed by atoms with van der Waals surface area (Å²) in [5.41, 5.74) is 1.94. The summed E-state index contributed by atoms with van der Waals surface area (Å²) in [7, 11) is 3.18. The predicted octanol–water partition coefficient (Wildman–Crippen LogP) is 3.24. The molecule has 200 valence electrons. The van der Waals surface area contributed by atoms with Gasteiger partial charge in [-0.15, -0.1) is 0 Å². The van der Waals surface area contributed by atoms with Gasteiger partial charge in [0.15, 0.2) is 11.5 Å². The maximum Gasteiger partial charge on any atom is 0.317 e. The van der Waals surface area contributed by atoms with E-state index in [4.69, 9.17) is 9.47 Å². The van der Waals surface area contributed by atoms with Gasteiger partial charge in [-0.3, -0.25) is 4.79 Å². The molecule has 2 N–H and O–H groups in total. The van der Waals surface area contributed by atoms with Gasteiger partial charge in [0.1, 0.15) is 11.6 Å². The summed E-state index contributed by atoms with van der Waals surface area (Å²) in [5.74, 6) is 1.33. The van der Waals surface area contributed by atoms with Crippen LogP contribution in [-0.2, 0) is 13.0 Å². The van der Waals surface area contributed by atoms with Crippen LogP contribution in [0.5, 0.6) is 11.5 Å². The van der Waals surface area contributed by atoms with Crippen LogP contribution in [-0.4, -0.2) is 68.8 Å². The molecule has 38 heavy (non-hydrogen) atoms. The van der Waals surface area contributed by atoms with Crippen molar-refractivity contribution >= 4 is 17.8 Å². The number of carbonyl (C=O) groups excluding carboxylic acids is 2. The molecule has 0 radical (unpaired) electrons. The fraction of sp³-hybridized carbons (Fsp3) is 0.321. The number of nitrogens with one attached hydrogen (secondary N) is 2. The zero-order valence-electron chi connectivity index (χ0n) is 21.6. The standard InChI is InChI=1S/C28H32FN5O4/c1-37-24-10-9-20(18-25(24)38-2)11-13-31-27(35)22-7-5-12-30-26(22)33-14-16-34(17-15-33)28(36)32-19-21-6-3-4-8-23(21)29/h3-10,12,18H,11,13-17,19H2,1-2H3,(H,31,35)(H,32,36). The molecule has 0 aliphatic carbocycles. The van der Waals surface area contributed by atoms with E-state index in [9.17, 15) is 14.0 Å². The number of pyridine rings is 1. The minimum absolute atomic E-state index is 0.125. The molecular formula is C28H32FN5O4. The zero-order valence-corrected chi connectivity index (χ0v) is 21.6. The van der Waals surface area contributed by atoms with Crippen molar-refractivity contribution < 1.29 is 23.5 Å². The van der Waals surface area contributed by atoms with Crippen molar-refractivity contribution in [2.24, 2.45) is 0 Å². The molecule has 0 spiro atoms. The van der Waals surface area contributed by atoms with Gasteiger partial charge >= 0.3 is 6.03 Å². The number of methoxy groups -OCH3 is 2. The fourth-order valence-corrected chi connectivity index (χ4v) is 4.32. The molecule has 3 aromatic rings. The van der Waals surface area contributed by atoms with E-state index in [1.165, 1.54) is 6.07 Å². The summed E-state index contributed by atoms with van der Waals surface area (Å²) in [6, 6.07) is 15.3. The lowest BCUT2D eigenvalue weighted by atomic mass is 10.1. The van der Waals surface area contributed by atoms with E-state index in [1.807, 2.05) is 23.1 Å². The van der Waals surface area contributed by atoms with E-state index >= 15 is 0 Å². The van der Waals surface area contributed by atoms with Crippen molar-refractivity contribution in [3.05, 3.63) is 83.3 Å². The number of carbonyl (C=O) groups is 2. The Labute approximate surface area is 221 Å². The van der Waals surface area contributed by atoms with E-state index in [0.29, 0.717) is 67.6 Å². The third kappa shape index (κ3) is 6.50. The number of ether oxygens (including phenoxy) is 2. The lowest BCUT2D eigenvalue weighted by Crippen LogP contribution is -2.52. The molecule has 0 atom stereocenters. The third-order valence-electron chi connectivity index (χ3n) is 6.43. The first-order valence-electron chi connectivity index (χ1n) is 12.5. The van der Waals surface area contributed by atoms with Crippen LogP contribution < -0.4 is 25.0 Å². The van der Waals surface area contributed by atoms with Gasteiger partial charge in [-0.2, -0.15) is 0 Å². The van der Waals surface area contributed by atoms with Gasteiger partial charge in [-0.1, -0.05) is 24.3 Å². The molecule has 0 unspecified atom stereocenters. The summed E-state index contributed by atoms with van der Waals surface area (Å²) in [5, 5.41) is 5.75. The number of hydrogen-bond donors (Lipinski definition) is 2. The molecule has 1 saturated heterocycles. The summed E-state index contributed by atoms with van der Waals surface area (Å²) in [6.07, 6.45) is 2.28. The van der Waals surface area contributed by atoms with Crippen LogP contribution >= 0.6 is 0 Å². The first-order valence-corrected chi connectivity index (χ1v) is 12.5. The molecule has 1 aliphatic rings. The second-order valence-electron chi connectivity index (χ2n) is 8.79. The summed E-state index contributed by atoms with van der Waals surface area (Å²) < 4.78 is 24.4. The van der Waals surface area contributed by atoms with E-state index in [0.717, 1.165) is 5.56 Å². The average Bonchev–Trinajstić information content (AvgIpc) is 2.96. The van der Waals surface area contributed by atoms with Gasteiger partial charge in [0, 0.05) is 51.0 Å². The largest absolute Gasteiger partial charge is 0.493 e. The number of halogens is 1.